The molecular weight excluding hydrogens is 356 g/mol. The van der Waals surface area contributed by atoms with Gasteiger partial charge in [-0.25, -0.2) is 0 Å². The van der Waals surface area contributed by atoms with Crippen molar-refractivity contribution in [3.05, 3.63) is 0 Å². The Labute approximate surface area is 161 Å². The molecule has 0 bridgehead atoms. The number of amides is 2. The average molecular weight is 389 g/mol. The number of nitrogens with one attached hydrogen (secondary N) is 2. The maximum atomic E-state index is 12.5. The van der Waals surface area contributed by atoms with E-state index in [1.165, 1.54) is 0 Å². The number of carbonyl (C=O) groups excluding carboxylic acids is 4. The van der Waals surface area contributed by atoms with Gasteiger partial charge >= 0.3 is 0 Å². The summed E-state index contributed by atoms with van der Waals surface area (Å²) in [4.78, 5) is 47.6. The highest BCUT2D eigenvalue weighted by Gasteiger charge is 2.27. The van der Waals surface area contributed by atoms with E-state index >= 15 is 0 Å². The average Bonchev–Trinajstić information content (AvgIpc) is 2.57. The predicted octanol–water partition coefficient (Wildman–Crippen LogP) is 2.47. The highest BCUT2D eigenvalue weighted by molar-refractivity contribution is 6.27. The highest BCUT2D eigenvalue weighted by atomic mass is 35.5. The van der Waals surface area contributed by atoms with E-state index in [9.17, 15) is 19.2 Å². The molecule has 0 aliphatic heterocycles. The third-order valence-corrected chi connectivity index (χ3v) is 4.41. The fraction of sp³-hybridized carbons (Fsp3) is 0.789. The van der Waals surface area contributed by atoms with Crippen LogP contribution in [0.4, 0.5) is 0 Å². The summed E-state index contributed by atoms with van der Waals surface area (Å²) in [6.07, 6.45) is 1.70. The first-order valence-electron chi connectivity index (χ1n) is 9.28. The number of rotatable bonds is 13. The lowest BCUT2D eigenvalue weighted by atomic mass is 9.88. The van der Waals surface area contributed by atoms with Crippen molar-refractivity contribution in [3.63, 3.8) is 0 Å². The fourth-order valence-corrected chi connectivity index (χ4v) is 2.74. The molecule has 0 fully saturated rings. The Bertz CT molecular complexity index is 492. The van der Waals surface area contributed by atoms with Gasteiger partial charge in [-0.15, -0.1) is 11.6 Å². The maximum absolute atomic E-state index is 12.5. The molecule has 2 amide bonds. The number of halogens is 1. The number of hydrogen-bond acceptors (Lipinski definition) is 4. The van der Waals surface area contributed by atoms with Gasteiger partial charge in [0.2, 0.25) is 11.8 Å². The molecule has 0 rings (SSSR count). The first kappa shape index (κ1) is 24.6. The molecule has 7 heteroatoms. The zero-order valence-corrected chi connectivity index (χ0v) is 17.3. The van der Waals surface area contributed by atoms with E-state index in [1.807, 2.05) is 27.7 Å². The Morgan fingerprint density at radius 1 is 0.923 bits per heavy atom. The minimum absolute atomic E-state index is 0.0455. The summed E-state index contributed by atoms with van der Waals surface area (Å²) in [7, 11) is 0. The number of carbonyl (C=O) groups is 4. The van der Waals surface area contributed by atoms with Gasteiger partial charge in [0.15, 0.2) is 5.78 Å². The molecule has 0 radical (unpaired) electrons. The van der Waals surface area contributed by atoms with Crippen LogP contribution >= 0.6 is 11.6 Å². The van der Waals surface area contributed by atoms with Crippen molar-refractivity contribution in [2.75, 3.05) is 12.4 Å². The minimum atomic E-state index is -0.583. The second-order valence-electron chi connectivity index (χ2n) is 7.36. The molecule has 0 aromatic heterocycles. The first-order chi connectivity index (χ1) is 12.1. The summed E-state index contributed by atoms with van der Waals surface area (Å²) in [5.41, 5.74) is 0. The van der Waals surface area contributed by atoms with Crippen molar-refractivity contribution in [1.29, 1.82) is 0 Å². The molecular formula is C19H33ClN2O4. The van der Waals surface area contributed by atoms with Gasteiger partial charge in [0, 0.05) is 31.2 Å². The Hall–Kier alpha value is -1.43. The molecule has 0 unspecified atom stereocenters. The van der Waals surface area contributed by atoms with Crippen LogP contribution in [0, 0.1) is 17.8 Å². The summed E-state index contributed by atoms with van der Waals surface area (Å²) in [5, 5.41) is 5.43. The van der Waals surface area contributed by atoms with E-state index in [-0.39, 0.29) is 59.9 Å². The van der Waals surface area contributed by atoms with Gasteiger partial charge in [-0.1, -0.05) is 34.6 Å². The van der Waals surface area contributed by atoms with Gasteiger partial charge in [-0.05, 0) is 18.8 Å². The van der Waals surface area contributed by atoms with Gasteiger partial charge in [0.05, 0.1) is 6.04 Å². The van der Waals surface area contributed by atoms with Crippen molar-refractivity contribution in [3.8, 4) is 0 Å². The second kappa shape index (κ2) is 12.8. The molecule has 0 aliphatic carbocycles. The van der Waals surface area contributed by atoms with Crippen LogP contribution in [0.3, 0.4) is 0 Å². The molecule has 0 aromatic rings. The van der Waals surface area contributed by atoms with Crippen LogP contribution in [0.25, 0.3) is 0 Å². The van der Waals surface area contributed by atoms with Gasteiger partial charge in [-0.3, -0.25) is 19.2 Å². The number of alkyl halides is 1. The molecule has 0 spiro atoms. The molecule has 0 saturated carbocycles. The third kappa shape index (κ3) is 9.90. The number of hydrogen-bond donors (Lipinski definition) is 2. The van der Waals surface area contributed by atoms with Crippen molar-refractivity contribution < 1.29 is 19.2 Å². The minimum Gasteiger partial charge on any atom is -0.355 e. The topological polar surface area (TPSA) is 92.3 Å². The maximum Gasteiger partial charge on any atom is 0.234 e. The lowest BCUT2D eigenvalue weighted by Crippen LogP contribution is -2.45. The van der Waals surface area contributed by atoms with E-state index in [0.717, 1.165) is 0 Å². The van der Waals surface area contributed by atoms with Crippen molar-refractivity contribution in [1.82, 2.24) is 10.6 Å². The summed E-state index contributed by atoms with van der Waals surface area (Å²) < 4.78 is 0. The third-order valence-electron chi connectivity index (χ3n) is 4.17. The van der Waals surface area contributed by atoms with E-state index in [2.05, 4.69) is 10.6 Å². The van der Waals surface area contributed by atoms with Gasteiger partial charge in [0.1, 0.15) is 11.7 Å². The van der Waals surface area contributed by atoms with Crippen LogP contribution < -0.4 is 10.6 Å². The summed E-state index contributed by atoms with van der Waals surface area (Å²) in [5.74, 6) is -1.03. The Morgan fingerprint density at radius 3 is 2.04 bits per heavy atom. The fourth-order valence-electron chi connectivity index (χ4n) is 2.65. The van der Waals surface area contributed by atoms with Crippen molar-refractivity contribution >= 4 is 35.0 Å². The summed E-state index contributed by atoms with van der Waals surface area (Å²) >= 11 is 5.38. The van der Waals surface area contributed by atoms with Crippen LogP contribution in [0.15, 0.2) is 0 Å². The molecule has 2 atom stereocenters. The molecule has 0 aliphatic rings. The Morgan fingerprint density at radius 2 is 1.54 bits per heavy atom. The molecule has 0 saturated heterocycles. The first-order valence-corrected chi connectivity index (χ1v) is 9.82. The smallest absolute Gasteiger partial charge is 0.234 e. The lowest BCUT2D eigenvalue weighted by Gasteiger charge is -2.23. The molecule has 0 heterocycles. The van der Waals surface area contributed by atoms with Gasteiger partial charge in [-0.2, -0.15) is 0 Å². The summed E-state index contributed by atoms with van der Waals surface area (Å²) in [6.45, 7) is 9.62. The van der Waals surface area contributed by atoms with Crippen molar-refractivity contribution in [2.45, 2.75) is 66.3 Å². The monoisotopic (exact) mass is 388 g/mol. The summed E-state index contributed by atoms with van der Waals surface area (Å²) in [6, 6.07) is -0.583. The molecule has 150 valence electrons. The normalized spacial score (nSPS) is 13.4. The van der Waals surface area contributed by atoms with Gasteiger partial charge < -0.3 is 10.6 Å². The Balaban J connectivity index is 4.40. The van der Waals surface area contributed by atoms with E-state index in [1.54, 1.807) is 6.92 Å². The molecule has 26 heavy (non-hydrogen) atoms. The quantitative estimate of drug-likeness (QED) is 0.374. The standard InChI is InChI=1S/C19H33ClN2O4/c1-12(2)18(15(23)10-14(5)19(26)13(3)4)22-16(24)8-6-7-9-21-17(25)11-20/h12-14,18H,6-11H2,1-5H3,(H,21,25)(H,22,24)/t14-,18+/m1/s1. The second-order valence-corrected chi connectivity index (χ2v) is 7.63. The van der Waals surface area contributed by atoms with Crippen molar-refractivity contribution in [2.24, 2.45) is 17.8 Å². The van der Waals surface area contributed by atoms with E-state index in [4.69, 9.17) is 11.6 Å². The van der Waals surface area contributed by atoms with E-state index < -0.39 is 6.04 Å². The number of Topliss-reactive ketones (excluding diaryl/α,β-unsaturated/α-hetero) is 2. The zero-order chi connectivity index (χ0) is 20.3. The highest BCUT2D eigenvalue weighted by Crippen LogP contribution is 2.15. The van der Waals surface area contributed by atoms with Crippen LogP contribution in [-0.4, -0.2) is 41.8 Å². The van der Waals surface area contributed by atoms with Crippen LogP contribution in [0.2, 0.25) is 0 Å². The van der Waals surface area contributed by atoms with Gasteiger partial charge in [0.25, 0.3) is 0 Å². The zero-order valence-electron chi connectivity index (χ0n) is 16.6. The molecule has 6 nitrogen and oxygen atoms in total. The Kier molecular flexibility index (Phi) is 12.1. The van der Waals surface area contributed by atoms with Crippen LogP contribution in [-0.2, 0) is 19.2 Å². The SMILES string of the molecule is CC(C)C(=O)[C@H](C)CC(=O)[C@@H](NC(=O)CCCCNC(=O)CCl)C(C)C. The number of unbranched alkanes of at least 4 members (excludes halogenated alkanes) is 1. The van der Waals surface area contributed by atoms with E-state index in [0.29, 0.717) is 19.4 Å². The lowest BCUT2D eigenvalue weighted by molar-refractivity contribution is -0.132. The molecule has 2 N–H and O–H groups in total. The van der Waals surface area contributed by atoms with Crippen LogP contribution in [0.5, 0.6) is 0 Å². The van der Waals surface area contributed by atoms with Crippen LogP contribution in [0.1, 0.15) is 60.3 Å². The largest absolute Gasteiger partial charge is 0.355 e. The molecule has 0 aromatic carbocycles. The predicted molar refractivity (Wildman–Crippen MR) is 103 cm³/mol. The number of ketones is 2.